The molecule has 2 rings (SSSR count). The molecule has 0 nitrogen and oxygen atoms in total. The van der Waals surface area contributed by atoms with Gasteiger partial charge in [-0.3, -0.25) is 0 Å². The maximum Gasteiger partial charge on any atom is 0.0408 e. The van der Waals surface area contributed by atoms with Crippen LogP contribution in [0.4, 0.5) is 0 Å². The summed E-state index contributed by atoms with van der Waals surface area (Å²) in [5, 5.41) is 0.786. The standard InChI is InChI=1S/C15H13Cl/c1-2-13-7-3-4-8-14(13)10-12-6-5-9-15(16)11-12/h2-9,11H,1,10H2. The predicted molar refractivity (Wildman–Crippen MR) is 70.8 cm³/mol. The van der Waals surface area contributed by atoms with E-state index >= 15 is 0 Å². The molecule has 0 atom stereocenters. The van der Waals surface area contributed by atoms with Gasteiger partial charge in [0.15, 0.2) is 0 Å². The maximum atomic E-state index is 5.96. The predicted octanol–water partition coefficient (Wildman–Crippen LogP) is 4.57. The molecular formula is C15H13Cl. The fraction of sp³-hybridized carbons (Fsp3) is 0.0667. The summed E-state index contributed by atoms with van der Waals surface area (Å²) in [7, 11) is 0. The van der Waals surface area contributed by atoms with Gasteiger partial charge in [-0.1, -0.05) is 60.7 Å². The summed E-state index contributed by atoms with van der Waals surface area (Å²) in [5.41, 5.74) is 3.68. The number of hydrogen-bond acceptors (Lipinski definition) is 0. The van der Waals surface area contributed by atoms with Gasteiger partial charge in [0.1, 0.15) is 0 Å². The minimum Gasteiger partial charge on any atom is -0.0985 e. The van der Waals surface area contributed by atoms with Crippen LogP contribution in [0.1, 0.15) is 16.7 Å². The van der Waals surface area contributed by atoms with Crippen LogP contribution in [0.3, 0.4) is 0 Å². The molecule has 16 heavy (non-hydrogen) atoms. The van der Waals surface area contributed by atoms with Crippen LogP contribution in [0.5, 0.6) is 0 Å². The lowest BCUT2D eigenvalue weighted by atomic mass is 10.00. The monoisotopic (exact) mass is 228 g/mol. The van der Waals surface area contributed by atoms with E-state index in [1.165, 1.54) is 16.7 Å². The van der Waals surface area contributed by atoms with Crippen LogP contribution in [-0.2, 0) is 6.42 Å². The molecule has 2 aromatic carbocycles. The van der Waals surface area contributed by atoms with Crippen LogP contribution in [-0.4, -0.2) is 0 Å². The Bertz CT molecular complexity index is 500. The van der Waals surface area contributed by atoms with Crippen molar-refractivity contribution in [1.82, 2.24) is 0 Å². The largest absolute Gasteiger partial charge is 0.0985 e. The van der Waals surface area contributed by atoms with Crippen molar-refractivity contribution < 1.29 is 0 Å². The van der Waals surface area contributed by atoms with Crippen molar-refractivity contribution >= 4 is 17.7 Å². The van der Waals surface area contributed by atoms with Gasteiger partial charge in [0.25, 0.3) is 0 Å². The molecule has 0 bridgehead atoms. The Morgan fingerprint density at radius 3 is 2.62 bits per heavy atom. The van der Waals surface area contributed by atoms with Gasteiger partial charge in [-0.15, -0.1) is 0 Å². The molecule has 80 valence electrons. The summed E-state index contributed by atoms with van der Waals surface area (Å²) in [6, 6.07) is 16.2. The molecule has 0 N–H and O–H groups in total. The second-order valence-electron chi connectivity index (χ2n) is 3.71. The Balaban J connectivity index is 2.30. The fourth-order valence-corrected chi connectivity index (χ4v) is 1.97. The Hall–Kier alpha value is -1.53. The van der Waals surface area contributed by atoms with E-state index in [2.05, 4.69) is 24.8 Å². The zero-order chi connectivity index (χ0) is 11.4. The van der Waals surface area contributed by atoms with Gasteiger partial charge in [0.05, 0.1) is 0 Å². The summed E-state index contributed by atoms with van der Waals surface area (Å²) >= 11 is 5.96. The van der Waals surface area contributed by atoms with E-state index < -0.39 is 0 Å². The summed E-state index contributed by atoms with van der Waals surface area (Å²) in [4.78, 5) is 0. The minimum absolute atomic E-state index is 0.786. The maximum absolute atomic E-state index is 5.96. The van der Waals surface area contributed by atoms with Crippen molar-refractivity contribution in [2.24, 2.45) is 0 Å². The van der Waals surface area contributed by atoms with Gasteiger partial charge in [-0.05, 0) is 35.2 Å². The SMILES string of the molecule is C=Cc1ccccc1Cc1cccc(Cl)c1. The average molecular weight is 229 g/mol. The van der Waals surface area contributed by atoms with Crippen molar-refractivity contribution in [2.45, 2.75) is 6.42 Å². The van der Waals surface area contributed by atoms with E-state index in [-0.39, 0.29) is 0 Å². The average Bonchev–Trinajstić information content (AvgIpc) is 2.30. The lowest BCUT2D eigenvalue weighted by Crippen LogP contribution is -1.91. The molecule has 0 aliphatic rings. The smallest absolute Gasteiger partial charge is 0.0408 e. The minimum atomic E-state index is 0.786. The van der Waals surface area contributed by atoms with Gasteiger partial charge in [-0.2, -0.15) is 0 Å². The third kappa shape index (κ3) is 2.53. The molecule has 0 radical (unpaired) electrons. The molecule has 0 saturated carbocycles. The molecule has 0 amide bonds. The van der Waals surface area contributed by atoms with Gasteiger partial charge in [0, 0.05) is 5.02 Å². The Morgan fingerprint density at radius 1 is 1.06 bits per heavy atom. The highest BCUT2D eigenvalue weighted by Crippen LogP contribution is 2.17. The van der Waals surface area contributed by atoms with Crippen LogP contribution in [0.25, 0.3) is 6.08 Å². The Kier molecular flexibility index (Phi) is 3.43. The van der Waals surface area contributed by atoms with E-state index in [0.29, 0.717) is 0 Å². The number of halogens is 1. The van der Waals surface area contributed by atoms with Gasteiger partial charge >= 0.3 is 0 Å². The highest BCUT2D eigenvalue weighted by molar-refractivity contribution is 6.30. The molecule has 2 aromatic rings. The Morgan fingerprint density at radius 2 is 1.88 bits per heavy atom. The number of benzene rings is 2. The third-order valence-corrected chi connectivity index (χ3v) is 2.79. The first-order valence-corrected chi connectivity index (χ1v) is 5.62. The molecule has 0 unspecified atom stereocenters. The van der Waals surface area contributed by atoms with E-state index in [1.807, 2.05) is 36.4 Å². The summed E-state index contributed by atoms with van der Waals surface area (Å²) in [6.45, 7) is 3.82. The van der Waals surface area contributed by atoms with E-state index in [9.17, 15) is 0 Å². The first-order chi connectivity index (χ1) is 7.79. The first kappa shape index (κ1) is 11.0. The zero-order valence-electron chi connectivity index (χ0n) is 8.99. The second kappa shape index (κ2) is 5.00. The molecule has 0 aliphatic carbocycles. The topological polar surface area (TPSA) is 0 Å². The Labute approximate surface area is 101 Å². The van der Waals surface area contributed by atoms with Crippen LogP contribution < -0.4 is 0 Å². The molecule has 1 heteroatoms. The molecule has 0 aromatic heterocycles. The summed E-state index contributed by atoms with van der Waals surface area (Å²) in [6.07, 6.45) is 2.78. The van der Waals surface area contributed by atoms with Crippen LogP contribution in [0.2, 0.25) is 5.02 Å². The molecule has 0 saturated heterocycles. The molecule has 0 spiro atoms. The van der Waals surface area contributed by atoms with Gasteiger partial charge < -0.3 is 0 Å². The normalized spacial score (nSPS) is 10.1. The lowest BCUT2D eigenvalue weighted by molar-refractivity contribution is 1.19. The number of hydrogen-bond donors (Lipinski definition) is 0. The molecular weight excluding hydrogens is 216 g/mol. The van der Waals surface area contributed by atoms with E-state index in [0.717, 1.165) is 11.4 Å². The zero-order valence-corrected chi connectivity index (χ0v) is 9.74. The highest BCUT2D eigenvalue weighted by atomic mass is 35.5. The molecule has 0 fully saturated rings. The highest BCUT2D eigenvalue weighted by Gasteiger charge is 2.00. The van der Waals surface area contributed by atoms with Gasteiger partial charge in [0.2, 0.25) is 0 Å². The lowest BCUT2D eigenvalue weighted by Gasteiger charge is -2.06. The van der Waals surface area contributed by atoms with Crippen molar-refractivity contribution in [2.75, 3.05) is 0 Å². The molecule has 0 aliphatic heterocycles. The van der Waals surface area contributed by atoms with Crippen molar-refractivity contribution in [3.63, 3.8) is 0 Å². The third-order valence-electron chi connectivity index (χ3n) is 2.56. The van der Waals surface area contributed by atoms with E-state index in [4.69, 9.17) is 11.6 Å². The van der Waals surface area contributed by atoms with E-state index in [1.54, 1.807) is 0 Å². The fourth-order valence-electron chi connectivity index (χ4n) is 1.76. The summed E-state index contributed by atoms with van der Waals surface area (Å²) < 4.78 is 0. The van der Waals surface area contributed by atoms with Crippen molar-refractivity contribution in [3.05, 3.63) is 76.8 Å². The van der Waals surface area contributed by atoms with Crippen molar-refractivity contribution in [3.8, 4) is 0 Å². The summed E-state index contributed by atoms with van der Waals surface area (Å²) in [5.74, 6) is 0. The van der Waals surface area contributed by atoms with Crippen LogP contribution in [0.15, 0.2) is 55.1 Å². The van der Waals surface area contributed by atoms with Crippen LogP contribution in [0, 0.1) is 0 Å². The van der Waals surface area contributed by atoms with Crippen molar-refractivity contribution in [1.29, 1.82) is 0 Å². The van der Waals surface area contributed by atoms with Crippen LogP contribution >= 0.6 is 11.6 Å². The second-order valence-corrected chi connectivity index (χ2v) is 4.15. The quantitative estimate of drug-likeness (QED) is 0.722. The first-order valence-electron chi connectivity index (χ1n) is 5.24. The molecule has 0 heterocycles. The number of rotatable bonds is 3. The van der Waals surface area contributed by atoms with Gasteiger partial charge in [-0.25, -0.2) is 0 Å².